The Bertz CT molecular complexity index is 2690. The van der Waals surface area contributed by atoms with Gasteiger partial charge < -0.3 is 9.32 Å². The number of nitrogens with zero attached hydrogens (tertiary/aromatic N) is 1. The summed E-state index contributed by atoms with van der Waals surface area (Å²) in [5.74, 6) is 0. The van der Waals surface area contributed by atoms with Crippen molar-refractivity contribution >= 4 is 81.3 Å². The number of furan rings is 1. The lowest BCUT2D eigenvalue weighted by molar-refractivity contribution is 0.660. The lowest BCUT2D eigenvalue weighted by Crippen LogP contribution is -2.16. The molecule has 0 N–H and O–H groups in total. The molecule has 0 atom stereocenters. The molecule has 218 valence electrons. The van der Waals surface area contributed by atoms with Crippen molar-refractivity contribution in [3.05, 3.63) is 151 Å². The van der Waals surface area contributed by atoms with E-state index in [0.717, 1.165) is 33.6 Å². The summed E-state index contributed by atoms with van der Waals surface area (Å²) < 4.78 is 9.15. The molecular weight excluding hydrogens is 579 g/mol. The minimum Gasteiger partial charge on any atom is -0.456 e. The summed E-state index contributed by atoms with van der Waals surface area (Å²) in [5.41, 5.74) is 10.5. The van der Waals surface area contributed by atoms with E-state index in [4.69, 9.17) is 4.42 Å². The third-order valence-corrected chi connectivity index (χ3v) is 11.2. The first kappa shape index (κ1) is 25.9. The van der Waals surface area contributed by atoms with Crippen LogP contribution in [-0.2, 0) is 5.41 Å². The van der Waals surface area contributed by atoms with Crippen molar-refractivity contribution in [3.63, 3.8) is 0 Å². The van der Waals surface area contributed by atoms with E-state index in [1.807, 2.05) is 17.4 Å². The summed E-state index contributed by atoms with van der Waals surface area (Å²) in [6.45, 7) is 4.70. The lowest BCUT2D eigenvalue weighted by atomic mass is 9.82. The van der Waals surface area contributed by atoms with Gasteiger partial charge in [0.25, 0.3) is 0 Å². The van der Waals surface area contributed by atoms with Crippen LogP contribution in [0.15, 0.2) is 144 Å². The predicted molar refractivity (Wildman–Crippen MR) is 196 cm³/mol. The zero-order chi connectivity index (χ0) is 30.6. The normalized spacial score (nSPS) is 13.6. The fourth-order valence-electron chi connectivity index (χ4n) is 7.87. The summed E-state index contributed by atoms with van der Waals surface area (Å²) >= 11 is 1.86. The molecule has 1 aliphatic carbocycles. The van der Waals surface area contributed by atoms with Crippen LogP contribution in [0, 0.1) is 0 Å². The molecular formula is C43H29NOS. The van der Waals surface area contributed by atoms with E-state index in [1.54, 1.807) is 0 Å². The van der Waals surface area contributed by atoms with Crippen LogP contribution in [0.2, 0.25) is 0 Å². The molecule has 2 nitrogen and oxygen atoms in total. The molecule has 0 spiro atoms. The minimum atomic E-state index is -0.103. The third-order valence-electron chi connectivity index (χ3n) is 10.0. The number of hydrogen-bond donors (Lipinski definition) is 0. The third kappa shape index (κ3) is 3.52. The van der Waals surface area contributed by atoms with Gasteiger partial charge in [-0.3, -0.25) is 0 Å². The highest BCUT2D eigenvalue weighted by molar-refractivity contribution is 7.25. The molecule has 0 saturated heterocycles. The molecule has 9 aromatic rings. The smallest absolute Gasteiger partial charge is 0.138 e. The van der Waals surface area contributed by atoms with Gasteiger partial charge in [-0.15, -0.1) is 11.3 Å². The molecule has 0 aliphatic heterocycles. The van der Waals surface area contributed by atoms with Gasteiger partial charge in [0.15, 0.2) is 0 Å². The molecule has 10 rings (SSSR count). The Balaban J connectivity index is 1.28. The SMILES string of the molecule is CC1(C)c2ccccc2-c2ccc(N(c3ccc4c(c3)sc3ccccc34)c3cc4oc5ccccc5c4c4ccccc34)cc21. The fourth-order valence-corrected chi connectivity index (χ4v) is 9.01. The standard InChI is InChI=1S/C43H29NOS/c1-43(2)35-16-8-5-11-28(35)29-21-19-26(23-36(29)43)44(27-20-22-32-31-13-7-10-18-40(31)46-41(32)24-27)37-25-39-42(33-14-4-3-12-30(33)37)34-15-6-9-17-38(34)45-39/h3-25H,1-2H3. The van der Waals surface area contributed by atoms with E-state index < -0.39 is 0 Å². The molecule has 0 amide bonds. The molecule has 2 heterocycles. The first-order valence-electron chi connectivity index (χ1n) is 15.9. The van der Waals surface area contributed by atoms with Gasteiger partial charge in [0.05, 0.1) is 5.69 Å². The van der Waals surface area contributed by atoms with Crippen molar-refractivity contribution in [1.82, 2.24) is 0 Å². The largest absolute Gasteiger partial charge is 0.456 e. The number of rotatable bonds is 3. The molecule has 0 unspecified atom stereocenters. The second-order valence-electron chi connectivity index (χ2n) is 12.9. The fraction of sp³-hybridized carbons (Fsp3) is 0.0698. The molecule has 7 aromatic carbocycles. The van der Waals surface area contributed by atoms with Crippen molar-refractivity contribution in [3.8, 4) is 11.1 Å². The van der Waals surface area contributed by atoms with Gasteiger partial charge in [-0.05, 0) is 64.0 Å². The number of hydrogen-bond acceptors (Lipinski definition) is 3. The predicted octanol–water partition coefficient (Wildman–Crippen LogP) is 12.9. The summed E-state index contributed by atoms with van der Waals surface area (Å²) in [6.07, 6.45) is 0. The molecule has 0 fully saturated rings. The maximum Gasteiger partial charge on any atom is 0.138 e. The van der Waals surface area contributed by atoms with Crippen LogP contribution in [-0.4, -0.2) is 0 Å². The van der Waals surface area contributed by atoms with E-state index >= 15 is 0 Å². The Morgan fingerprint density at radius 1 is 0.500 bits per heavy atom. The van der Waals surface area contributed by atoms with Gasteiger partial charge >= 0.3 is 0 Å². The molecule has 3 heteroatoms. The highest BCUT2D eigenvalue weighted by Crippen LogP contribution is 2.52. The van der Waals surface area contributed by atoms with Gasteiger partial charge in [-0.1, -0.05) is 111 Å². The van der Waals surface area contributed by atoms with Crippen LogP contribution in [0.4, 0.5) is 17.1 Å². The van der Waals surface area contributed by atoms with Crippen LogP contribution in [0.1, 0.15) is 25.0 Å². The molecule has 0 bridgehead atoms. The summed E-state index contributed by atoms with van der Waals surface area (Å²) in [5, 5.41) is 7.32. The van der Waals surface area contributed by atoms with Crippen molar-refractivity contribution in [2.45, 2.75) is 19.3 Å². The lowest BCUT2D eigenvalue weighted by Gasteiger charge is -2.29. The Morgan fingerprint density at radius 2 is 1.15 bits per heavy atom. The van der Waals surface area contributed by atoms with E-state index in [9.17, 15) is 0 Å². The van der Waals surface area contributed by atoms with E-state index in [0.29, 0.717) is 0 Å². The number of para-hydroxylation sites is 1. The van der Waals surface area contributed by atoms with Gasteiger partial charge in [0.1, 0.15) is 11.2 Å². The molecule has 0 saturated carbocycles. The van der Waals surface area contributed by atoms with Gasteiger partial charge in [0.2, 0.25) is 0 Å². The zero-order valence-corrected chi connectivity index (χ0v) is 26.4. The van der Waals surface area contributed by atoms with Gasteiger partial charge in [-0.25, -0.2) is 0 Å². The number of benzene rings is 7. The maximum atomic E-state index is 6.56. The number of fused-ring (bicyclic) bond motifs is 11. The highest BCUT2D eigenvalue weighted by atomic mass is 32.1. The topological polar surface area (TPSA) is 16.4 Å². The first-order chi connectivity index (χ1) is 22.6. The quantitative estimate of drug-likeness (QED) is 0.199. The van der Waals surface area contributed by atoms with Crippen LogP contribution in [0.3, 0.4) is 0 Å². The Morgan fingerprint density at radius 3 is 2.04 bits per heavy atom. The number of anilines is 3. The molecule has 46 heavy (non-hydrogen) atoms. The molecule has 0 radical (unpaired) electrons. The minimum absolute atomic E-state index is 0.103. The second-order valence-corrected chi connectivity index (χ2v) is 14.0. The van der Waals surface area contributed by atoms with Crippen LogP contribution < -0.4 is 4.90 Å². The Hall–Kier alpha value is -5.38. The molecule has 1 aliphatic rings. The van der Waals surface area contributed by atoms with Crippen molar-refractivity contribution in [2.75, 3.05) is 4.90 Å². The highest BCUT2D eigenvalue weighted by Gasteiger charge is 2.36. The average Bonchev–Trinajstić information content (AvgIpc) is 3.73. The van der Waals surface area contributed by atoms with E-state index in [1.165, 1.54) is 58.6 Å². The van der Waals surface area contributed by atoms with Crippen molar-refractivity contribution in [1.29, 1.82) is 0 Å². The van der Waals surface area contributed by atoms with E-state index in [-0.39, 0.29) is 5.41 Å². The van der Waals surface area contributed by atoms with Crippen molar-refractivity contribution in [2.24, 2.45) is 0 Å². The van der Waals surface area contributed by atoms with Crippen LogP contribution in [0.25, 0.3) is 64.0 Å². The summed E-state index contributed by atoms with van der Waals surface area (Å²) in [4.78, 5) is 2.44. The monoisotopic (exact) mass is 607 g/mol. The van der Waals surface area contributed by atoms with Crippen molar-refractivity contribution < 1.29 is 4.42 Å². The Labute approximate surface area is 270 Å². The zero-order valence-electron chi connectivity index (χ0n) is 25.5. The molecule has 2 aromatic heterocycles. The summed E-state index contributed by atoms with van der Waals surface area (Å²) in [7, 11) is 0. The van der Waals surface area contributed by atoms with Gasteiger partial charge in [0, 0.05) is 59.2 Å². The Kier molecular flexibility index (Phi) is 5.25. The van der Waals surface area contributed by atoms with Crippen LogP contribution >= 0.6 is 11.3 Å². The number of thiophene rings is 1. The summed E-state index contributed by atoms with van der Waals surface area (Å²) in [6, 6.07) is 51.0. The maximum absolute atomic E-state index is 6.56. The van der Waals surface area contributed by atoms with Crippen LogP contribution in [0.5, 0.6) is 0 Å². The second kappa shape index (κ2) is 9.32. The average molecular weight is 608 g/mol. The first-order valence-corrected chi connectivity index (χ1v) is 16.7. The van der Waals surface area contributed by atoms with Gasteiger partial charge in [-0.2, -0.15) is 0 Å². The van der Waals surface area contributed by atoms with E-state index in [2.05, 4.69) is 152 Å².